The summed E-state index contributed by atoms with van der Waals surface area (Å²) in [7, 11) is 4.66. The van der Waals surface area contributed by atoms with Crippen molar-refractivity contribution in [3.63, 3.8) is 0 Å². The zero-order valence-corrected chi connectivity index (χ0v) is 20.8. The van der Waals surface area contributed by atoms with E-state index in [-0.39, 0.29) is 17.9 Å². The van der Waals surface area contributed by atoms with Crippen LogP contribution in [-0.4, -0.2) is 41.8 Å². The van der Waals surface area contributed by atoms with Crippen molar-refractivity contribution in [1.29, 1.82) is 0 Å². The van der Waals surface area contributed by atoms with Crippen LogP contribution in [0, 0.1) is 6.92 Å². The molecule has 0 aliphatic rings. The lowest BCUT2D eigenvalue weighted by atomic mass is 10.1. The quantitative estimate of drug-likeness (QED) is 0.370. The van der Waals surface area contributed by atoms with E-state index in [0.29, 0.717) is 40.5 Å². The fourth-order valence-corrected chi connectivity index (χ4v) is 4.44. The van der Waals surface area contributed by atoms with Gasteiger partial charge in [-0.05, 0) is 31.5 Å². The zero-order chi connectivity index (χ0) is 24.9. The van der Waals surface area contributed by atoms with Gasteiger partial charge >= 0.3 is 0 Å². The number of hydrogen-bond donors (Lipinski definition) is 1. The minimum atomic E-state index is -0.201. The minimum absolute atomic E-state index is 0.171. The van der Waals surface area contributed by atoms with Gasteiger partial charge in [-0.3, -0.25) is 14.2 Å². The van der Waals surface area contributed by atoms with E-state index in [2.05, 4.69) is 15.3 Å². The van der Waals surface area contributed by atoms with Crippen molar-refractivity contribution < 1.29 is 19.0 Å². The number of ether oxygens (including phenoxy) is 3. The van der Waals surface area contributed by atoms with Gasteiger partial charge in [-0.25, -0.2) is 9.97 Å². The number of carbonyl (C=O) groups excluding carboxylic acids is 1. The number of nitrogens with one attached hydrogen (secondary N) is 1. The minimum Gasteiger partial charge on any atom is -0.496 e. The molecule has 2 heterocycles. The number of methoxy groups -OCH3 is 3. The number of amides is 1. The molecule has 0 aliphatic heterocycles. The number of rotatable bonds is 9. The van der Waals surface area contributed by atoms with Gasteiger partial charge in [-0.2, -0.15) is 0 Å². The Morgan fingerprint density at radius 1 is 1.06 bits per heavy atom. The first-order chi connectivity index (χ1) is 16.9. The summed E-state index contributed by atoms with van der Waals surface area (Å²) in [6.07, 6.45) is 2.19. The number of aromatic nitrogens is 3. The number of anilines is 1. The predicted molar refractivity (Wildman–Crippen MR) is 136 cm³/mol. The van der Waals surface area contributed by atoms with Crippen LogP contribution in [0.15, 0.2) is 46.8 Å². The normalized spacial score (nSPS) is 10.9. The highest BCUT2D eigenvalue weighted by molar-refractivity contribution is 7.14. The molecule has 182 valence electrons. The number of fused-ring (bicyclic) bond motifs is 1. The smallest absolute Gasteiger partial charge is 0.261 e. The van der Waals surface area contributed by atoms with E-state index in [9.17, 15) is 9.59 Å². The second kappa shape index (κ2) is 10.6. The van der Waals surface area contributed by atoms with Crippen LogP contribution in [-0.2, 0) is 11.3 Å². The number of thiazole rings is 1. The molecule has 0 bridgehead atoms. The van der Waals surface area contributed by atoms with Gasteiger partial charge in [0.2, 0.25) is 5.91 Å². The summed E-state index contributed by atoms with van der Waals surface area (Å²) in [6.45, 7) is 2.36. The van der Waals surface area contributed by atoms with E-state index in [4.69, 9.17) is 14.2 Å². The van der Waals surface area contributed by atoms with Crippen LogP contribution in [0.4, 0.5) is 5.13 Å². The molecule has 0 aliphatic carbocycles. The van der Waals surface area contributed by atoms with Gasteiger partial charge in [0.05, 0.1) is 44.3 Å². The Labute approximate surface area is 206 Å². The SMILES string of the molecule is COc1cc2ncn(CCCC(=O)Nc3nc(-c4cc(C)ccc4OC)cs3)c(=O)c2cc1OC. The van der Waals surface area contributed by atoms with Crippen LogP contribution in [0.25, 0.3) is 22.2 Å². The van der Waals surface area contributed by atoms with Crippen LogP contribution in [0.1, 0.15) is 18.4 Å². The van der Waals surface area contributed by atoms with Gasteiger partial charge in [-0.15, -0.1) is 11.3 Å². The predicted octanol–water partition coefficient (Wildman–Crippen LogP) is 4.27. The Bertz CT molecular complexity index is 1430. The molecule has 0 unspecified atom stereocenters. The lowest BCUT2D eigenvalue weighted by Gasteiger charge is -2.10. The molecule has 0 saturated heterocycles. The molecule has 10 heteroatoms. The maximum atomic E-state index is 12.9. The first-order valence-electron chi connectivity index (χ1n) is 10.9. The molecule has 1 amide bonds. The topological polar surface area (TPSA) is 105 Å². The molecule has 9 nitrogen and oxygen atoms in total. The molecule has 4 aromatic rings. The molecular weight excluding hydrogens is 468 g/mol. The van der Waals surface area contributed by atoms with Crippen molar-refractivity contribution in [2.45, 2.75) is 26.3 Å². The van der Waals surface area contributed by atoms with Crippen LogP contribution < -0.4 is 25.1 Å². The first kappa shape index (κ1) is 24.2. The summed E-state index contributed by atoms with van der Waals surface area (Å²) in [5.74, 6) is 1.52. The van der Waals surface area contributed by atoms with Crippen molar-refractivity contribution in [3.8, 4) is 28.5 Å². The fourth-order valence-electron chi connectivity index (χ4n) is 3.71. The van der Waals surface area contributed by atoms with E-state index in [1.54, 1.807) is 19.2 Å². The molecule has 2 aromatic carbocycles. The lowest BCUT2D eigenvalue weighted by molar-refractivity contribution is -0.116. The number of carbonyl (C=O) groups is 1. The highest BCUT2D eigenvalue weighted by atomic mass is 32.1. The molecule has 0 spiro atoms. The highest BCUT2D eigenvalue weighted by Crippen LogP contribution is 2.33. The lowest BCUT2D eigenvalue weighted by Crippen LogP contribution is -2.22. The third-order valence-corrected chi connectivity index (χ3v) is 6.27. The molecular formula is C25H26N4O5S. The van der Waals surface area contributed by atoms with Crippen molar-refractivity contribution >= 4 is 33.3 Å². The summed E-state index contributed by atoms with van der Waals surface area (Å²) < 4.78 is 17.5. The van der Waals surface area contributed by atoms with E-state index in [0.717, 1.165) is 22.6 Å². The molecule has 0 fully saturated rings. The standard InChI is InChI=1S/C25H26N4O5S/c1-15-7-8-20(32-2)16(10-15)19-13-35-25(27-19)28-23(30)6-5-9-29-14-26-18-12-22(34-4)21(33-3)11-17(18)24(29)31/h7-8,10-14H,5-6,9H2,1-4H3,(H,27,28,30). The Morgan fingerprint density at radius 2 is 1.80 bits per heavy atom. The second-order valence-electron chi connectivity index (χ2n) is 7.86. The Kier molecular flexibility index (Phi) is 7.31. The molecule has 1 N–H and O–H groups in total. The molecule has 0 saturated carbocycles. The molecule has 35 heavy (non-hydrogen) atoms. The van der Waals surface area contributed by atoms with Crippen molar-refractivity contribution in [3.05, 3.63) is 58.0 Å². The van der Waals surface area contributed by atoms with Gasteiger partial charge in [-0.1, -0.05) is 11.6 Å². The average Bonchev–Trinajstić information content (AvgIpc) is 3.32. The maximum absolute atomic E-state index is 12.9. The van der Waals surface area contributed by atoms with E-state index < -0.39 is 0 Å². The van der Waals surface area contributed by atoms with Crippen molar-refractivity contribution in [2.75, 3.05) is 26.6 Å². The van der Waals surface area contributed by atoms with E-state index in [1.807, 2.05) is 30.5 Å². The molecule has 0 radical (unpaired) electrons. The molecule has 0 atom stereocenters. The van der Waals surface area contributed by atoms with Gasteiger partial charge in [0.1, 0.15) is 5.75 Å². The Morgan fingerprint density at radius 3 is 2.54 bits per heavy atom. The van der Waals surface area contributed by atoms with Crippen molar-refractivity contribution in [2.24, 2.45) is 0 Å². The Hall–Kier alpha value is -3.92. The fraction of sp³-hybridized carbons (Fsp3) is 0.280. The number of aryl methyl sites for hydroxylation is 2. The first-order valence-corrected chi connectivity index (χ1v) is 11.8. The van der Waals surface area contributed by atoms with Gasteiger partial charge in [0.25, 0.3) is 5.56 Å². The van der Waals surface area contributed by atoms with Crippen LogP contribution in [0.5, 0.6) is 17.2 Å². The zero-order valence-electron chi connectivity index (χ0n) is 20.0. The molecule has 2 aromatic heterocycles. The third-order valence-electron chi connectivity index (χ3n) is 5.51. The van der Waals surface area contributed by atoms with Crippen molar-refractivity contribution in [1.82, 2.24) is 14.5 Å². The summed E-state index contributed by atoms with van der Waals surface area (Å²) in [6, 6.07) is 9.16. The Balaban J connectivity index is 1.39. The second-order valence-corrected chi connectivity index (χ2v) is 8.72. The number of nitrogens with zero attached hydrogens (tertiary/aromatic N) is 3. The molecule has 4 rings (SSSR count). The van der Waals surface area contributed by atoms with Gasteiger partial charge < -0.3 is 19.5 Å². The largest absolute Gasteiger partial charge is 0.496 e. The summed E-state index contributed by atoms with van der Waals surface area (Å²) in [5.41, 5.74) is 3.03. The number of hydrogen-bond acceptors (Lipinski definition) is 8. The summed E-state index contributed by atoms with van der Waals surface area (Å²) >= 11 is 1.35. The number of benzene rings is 2. The summed E-state index contributed by atoms with van der Waals surface area (Å²) in [5, 5.41) is 5.66. The van der Waals surface area contributed by atoms with Crippen LogP contribution in [0.2, 0.25) is 0 Å². The van der Waals surface area contributed by atoms with E-state index >= 15 is 0 Å². The van der Waals surface area contributed by atoms with Gasteiger partial charge in [0, 0.05) is 30.0 Å². The maximum Gasteiger partial charge on any atom is 0.261 e. The monoisotopic (exact) mass is 494 g/mol. The highest BCUT2D eigenvalue weighted by Gasteiger charge is 2.14. The average molecular weight is 495 g/mol. The van der Waals surface area contributed by atoms with Crippen LogP contribution >= 0.6 is 11.3 Å². The van der Waals surface area contributed by atoms with E-state index in [1.165, 1.54) is 36.5 Å². The third kappa shape index (κ3) is 5.27. The van der Waals surface area contributed by atoms with Gasteiger partial charge in [0.15, 0.2) is 16.6 Å². The summed E-state index contributed by atoms with van der Waals surface area (Å²) in [4.78, 5) is 34.2. The van der Waals surface area contributed by atoms with Crippen LogP contribution in [0.3, 0.4) is 0 Å².